The van der Waals surface area contributed by atoms with Crippen molar-refractivity contribution in [2.24, 2.45) is 5.92 Å². The van der Waals surface area contributed by atoms with Gasteiger partial charge in [-0.05, 0) is 54.1 Å². The third kappa shape index (κ3) is 4.88. The Balaban J connectivity index is 1.46. The van der Waals surface area contributed by atoms with Crippen molar-refractivity contribution in [1.82, 2.24) is 19.9 Å². The Hall–Kier alpha value is -3.59. The van der Waals surface area contributed by atoms with Gasteiger partial charge < -0.3 is 10.2 Å². The topological polar surface area (TPSA) is 101 Å². The van der Waals surface area contributed by atoms with E-state index in [0.29, 0.717) is 23.4 Å². The van der Waals surface area contributed by atoms with Crippen LogP contribution in [0, 0.1) is 5.92 Å². The second-order valence-electron chi connectivity index (χ2n) is 9.82. The van der Waals surface area contributed by atoms with Crippen molar-refractivity contribution in [2.45, 2.75) is 32.7 Å². The molecule has 1 saturated heterocycles. The zero-order valence-corrected chi connectivity index (χ0v) is 21.7. The molecule has 0 saturated carbocycles. The van der Waals surface area contributed by atoms with Gasteiger partial charge in [-0.3, -0.25) is 4.98 Å². The molecule has 1 fully saturated rings. The maximum Gasteiger partial charge on any atom is 0.163 e. The Morgan fingerprint density at radius 1 is 1.06 bits per heavy atom. The molecule has 1 aromatic carbocycles. The van der Waals surface area contributed by atoms with Crippen LogP contribution in [0.2, 0.25) is 0 Å². The molecule has 0 aliphatic carbocycles. The molecule has 0 bridgehead atoms. The standard InChI is InChI=1S/C27H30N6O2S/c1-17(2)21-7-8-24(33-15-20(18(33)3)16-36(4,34)35)23-14-30-26(12-22(21)23)31-25-9-11-29-27(32-25)19-6-5-10-28-13-19/h5-14,17-18,20H,15-16H2,1-4H3,(H,29,30,31,32)/t18-,20-/m1/s1. The van der Waals surface area contributed by atoms with E-state index in [1.54, 1.807) is 18.6 Å². The van der Waals surface area contributed by atoms with Gasteiger partial charge in [0.15, 0.2) is 5.82 Å². The molecule has 8 nitrogen and oxygen atoms in total. The van der Waals surface area contributed by atoms with Crippen LogP contribution in [0.25, 0.3) is 22.2 Å². The van der Waals surface area contributed by atoms with E-state index in [2.05, 4.69) is 64.1 Å². The van der Waals surface area contributed by atoms with Crippen LogP contribution in [0.15, 0.2) is 61.2 Å². The van der Waals surface area contributed by atoms with E-state index >= 15 is 0 Å². The first-order valence-electron chi connectivity index (χ1n) is 12.1. The van der Waals surface area contributed by atoms with Gasteiger partial charge in [0.1, 0.15) is 21.5 Å². The Labute approximate surface area is 211 Å². The molecule has 1 N–H and O–H groups in total. The lowest BCUT2D eigenvalue weighted by Gasteiger charge is -2.48. The average Bonchev–Trinajstić information content (AvgIpc) is 2.85. The highest BCUT2D eigenvalue weighted by atomic mass is 32.2. The molecule has 1 aliphatic heterocycles. The van der Waals surface area contributed by atoms with Gasteiger partial charge in [-0.1, -0.05) is 19.9 Å². The Kier molecular flexibility index (Phi) is 6.34. The molecule has 4 heterocycles. The number of hydrogen-bond acceptors (Lipinski definition) is 8. The molecule has 0 amide bonds. The van der Waals surface area contributed by atoms with Gasteiger partial charge in [0.2, 0.25) is 0 Å². The van der Waals surface area contributed by atoms with Crippen LogP contribution >= 0.6 is 0 Å². The summed E-state index contributed by atoms with van der Waals surface area (Å²) in [5, 5.41) is 5.52. The van der Waals surface area contributed by atoms with E-state index < -0.39 is 9.84 Å². The predicted octanol–water partition coefficient (Wildman–Crippen LogP) is 4.82. The summed E-state index contributed by atoms with van der Waals surface area (Å²) in [5.74, 6) is 2.63. The quantitative estimate of drug-likeness (QED) is 0.384. The molecule has 5 rings (SSSR count). The molecule has 1 aliphatic rings. The zero-order valence-electron chi connectivity index (χ0n) is 20.9. The second-order valence-corrected chi connectivity index (χ2v) is 12.0. The van der Waals surface area contributed by atoms with Crippen LogP contribution < -0.4 is 10.2 Å². The van der Waals surface area contributed by atoms with E-state index in [4.69, 9.17) is 4.98 Å². The molecule has 3 aromatic heterocycles. The van der Waals surface area contributed by atoms with Crippen LogP contribution in [0.5, 0.6) is 0 Å². The highest BCUT2D eigenvalue weighted by molar-refractivity contribution is 7.90. The number of aromatic nitrogens is 4. The molecule has 186 valence electrons. The summed E-state index contributed by atoms with van der Waals surface area (Å²) in [6.07, 6.45) is 8.39. The minimum absolute atomic E-state index is 0.139. The fourth-order valence-electron chi connectivity index (χ4n) is 4.85. The third-order valence-corrected chi connectivity index (χ3v) is 7.83. The van der Waals surface area contributed by atoms with E-state index in [1.807, 2.05) is 24.4 Å². The number of hydrogen-bond donors (Lipinski definition) is 1. The number of nitrogens with zero attached hydrogens (tertiary/aromatic N) is 5. The zero-order chi connectivity index (χ0) is 25.4. The van der Waals surface area contributed by atoms with Gasteiger partial charge >= 0.3 is 0 Å². The van der Waals surface area contributed by atoms with Crippen LogP contribution in [-0.2, 0) is 9.84 Å². The summed E-state index contributed by atoms with van der Waals surface area (Å²) in [6, 6.07) is 12.1. The molecule has 0 radical (unpaired) electrons. The van der Waals surface area contributed by atoms with E-state index in [-0.39, 0.29) is 17.7 Å². The Morgan fingerprint density at radius 2 is 1.89 bits per heavy atom. The van der Waals surface area contributed by atoms with Crippen LogP contribution in [0.3, 0.4) is 0 Å². The van der Waals surface area contributed by atoms with Gasteiger partial charge in [0.05, 0.1) is 5.75 Å². The van der Waals surface area contributed by atoms with Gasteiger partial charge in [-0.25, -0.2) is 23.4 Å². The third-order valence-electron chi connectivity index (χ3n) is 6.80. The highest BCUT2D eigenvalue weighted by Gasteiger charge is 2.38. The molecule has 9 heteroatoms. The van der Waals surface area contributed by atoms with Crippen molar-refractivity contribution in [3.63, 3.8) is 0 Å². The summed E-state index contributed by atoms with van der Waals surface area (Å²) in [4.78, 5) is 20.1. The highest BCUT2D eigenvalue weighted by Crippen LogP contribution is 2.39. The van der Waals surface area contributed by atoms with Crippen LogP contribution in [-0.4, -0.2) is 52.9 Å². The number of fused-ring (bicyclic) bond motifs is 1. The van der Waals surface area contributed by atoms with Crippen molar-refractivity contribution in [1.29, 1.82) is 0 Å². The minimum Gasteiger partial charge on any atom is -0.368 e. The second kappa shape index (κ2) is 9.46. The maximum atomic E-state index is 11.8. The molecule has 2 atom stereocenters. The molecular weight excluding hydrogens is 472 g/mol. The van der Waals surface area contributed by atoms with Crippen molar-refractivity contribution >= 4 is 37.9 Å². The molecule has 4 aromatic rings. The largest absolute Gasteiger partial charge is 0.368 e. The van der Waals surface area contributed by atoms with Gasteiger partial charge in [0.25, 0.3) is 0 Å². The number of benzene rings is 1. The van der Waals surface area contributed by atoms with Crippen molar-refractivity contribution in [3.05, 3.63) is 66.7 Å². The number of rotatable bonds is 7. The fourth-order valence-corrected chi connectivity index (χ4v) is 6.01. The van der Waals surface area contributed by atoms with Gasteiger partial charge in [-0.2, -0.15) is 0 Å². The number of anilines is 3. The fraction of sp³-hybridized carbons (Fsp3) is 0.333. The number of pyridine rings is 2. The molecular formula is C27H30N6O2S. The maximum absolute atomic E-state index is 11.8. The Morgan fingerprint density at radius 3 is 2.58 bits per heavy atom. The van der Waals surface area contributed by atoms with E-state index in [1.165, 1.54) is 11.8 Å². The van der Waals surface area contributed by atoms with Gasteiger partial charge in [-0.15, -0.1) is 0 Å². The first-order valence-corrected chi connectivity index (χ1v) is 14.1. The van der Waals surface area contributed by atoms with Crippen molar-refractivity contribution in [3.8, 4) is 11.4 Å². The lowest BCUT2D eigenvalue weighted by molar-refractivity contribution is 0.342. The van der Waals surface area contributed by atoms with Gasteiger partial charge in [0, 0.05) is 66.2 Å². The summed E-state index contributed by atoms with van der Waals surface area (Å²) >= 11 is 0. The van der Waals surface area contributed by atoms with Crippen LogP contribution in [0.1, 0.15) is 32.3 Å². The average molecular weight is 503 g/mol. The van der Waals surface area contributed by atoms with Crippen molar-refractivity contribution in [2.75, 3.05) is 28.8 Å². The molecule has 0 spiro atoms. The molecule has 36 heavy (non-hydrogen) atoms. The summed E-state index contributed by atoms with van der Waals surface area (Å²) in [5.41, 5.74) is 3.17. The first kappa shape index (κ1) is 24.1. The summed E-state index contributed by atoms with van der Waals surface area (Å²) in [6.45, 7) is 7.18. The van der Waals surface area contributed by atoms with Crippen molar-refractivity contribution < 1.29 is 8.42 Å². The first-order chi connectivity index (χ1) is 17.2. The monoisotopic (exact) mass is 502 g/mol. The lowest BCUT2D eigenvalue weighted by atomic mass is 9.88. The normalized spacial score (nSPS) is 17.9. The van der Waals surface area contributed by atoms with Crippen LogP contribution in [0.4, 0.5) is 17.3 Å². The smallest absolute Gasteiger partial charge is 0.163 e. The summed E-state index contributed by atoms with van der Waals surface area (Å²) < 4.78 is 23.6. The van der Waals surface area contributed by atoms with E-state index in [0.717, 1.165) is 28.6 Å². The Bertz CT molecular complexity index is 1510. The lowest BCUT2D eigenvalue weighted by Crippen LogP contribution is -2.57. The number of sulfone groups is 1. The predicted molar refractivity (Wildman–Crippen MR) is 144 cm³/mol. The number of nitrogens with one attached hydrogen (secondary N) is 1. The minimum atomic E-state index is -3.00. The van der Waals surface area contributed by atoms with E-state index in [9.17, 15) is 8.42 Å². The SMILES string of the molecule is CC(C)c1ccc(N2C[C@H](CS(C)(=O)=O)[C@H]2C)c2cnc(Nc3ccnc(-c4cccnc4)n3)cc12. The summed E-state index contributed by atoms with van der Waals surface area (Å²) in [7, 11) is -3.00. The molecule has 0 unspecified atom stereocenters.